The fourth-order valence-corrected chi connectivity index (χ4v) is 4.78. The van der Waals surface area contributed by atoms with Crippen LogP contribution in [0, 0.1) is 10.1 Å². The van der Waals surface area contributed by atoms with Crippen molar-refractivity contribution in [1.82, 2.24) is 9.97 Å². The Bertz CT molecular complexity index is 1180. The molecule has 2 heterocycles. The molecule has 1 aromatic heterocycles. The number of hydrogen-bond acceptors (Lipinski definition) is 6. The third-order valence-electron chi connectivity index (χ3n) is 4.39. The Morgan fingerprint density at radius 2 is 1.74 bits per heavy atom. The molecule has 136 valence electrons. The summed E-state index contributed by atoms with van der Waals surface area (Å²) in [6.45, 7) is 0. The summed E-state index contributed by atoms with van der Waals surface area (Å²) in [4.78, 5) is 19.4. The molecule has 0 amide bonds. The van der Waals surface area contributed by atoms with E-state index in [1.54, 1.807) is 24.3 Å². The van der Waals surface area contributed by atoms with E-state index in [2.05, 4.69) is 9.97 Å². The van der Waals surface area contributed by atoms with Gasteiger partial charge >= 0.3 is 0 Å². The average molecular weight is 402 g/mol. The number of non-ortho nitro benzene ring substituents is 1. The number of hydrogen-bond donors (Lipinski definition) is 0. The first-order valence-corrected chi connectivity index (χ1v) is 10.0. The average Bonchev–Trinajstić information content (AvgIpc) is 2.77. The molecule has 0 spiro atoms. The third kappa shape index (κ3) is 3.07. The molecule has 7 nitrogen and oxygen atoms in total. The van der Waals surface area contributed by atoms with E-state index in [0.717, 1.165) is 0 Å². The second-order valence-corrected chi connectivity index (χ2v) is 8.47. The lowest BCUT2D eigenvalue weighted by atomic mass is 10.0. The number of sulfone groups is 1. The van der Waals surface area contributed by atoms with Gasteiger partial charge < -0.3 is 0 Å². The number of fused-ring (bicyclic) bond motifs is 3. The maximum atomic E-state index is 12.6. The van der Waals surface area contributed by atoms with E-state index in [1.807, 2.05) is 0 Å². The summed E-state index contributed by atoms with van der Waals surface area (Å²) in [5.41, 5.74) is 2.04. The first-order valence-electron chi connectivity index (χ1n) is 8.00. The van der Waals surface area contributed by atoms with E-state index in [-0.39, 0.29) is 33.7 Å². The topological polar surface area (TPSA) is 103 Å². The van der Waals surface area contributed by atoms with Gasteiger partial charge in [0.25, 0.3) is 5.69 Å². The molecule has 9 heteroatoms. The number of nitro groups is 1. The molecule has 0 saturated heterocycles. The Morgan fingerprint density at radius 1 is 1.04 bits per heavy atom. The number of halogens is 1. The molecule has 0 unspecified atom stereocenters. The summed E-state index contributed by atoms with van der Waals surface area (Å²) in [5.74, 6) is 0.208. The Kier molecular flexibility index (Phi) is 4.16. The Balaban J connectivity index is 1.93. The second kappa shape index (κ2) is 6.40. The zero-order valence-electron chi connectivity index (χ0n) is 13.8. The largest absolute Gasteiger partial charge is 0.269 e. The van der Waals surface area contributed by atoms with Crippen LogP contribution >= 0.6 is 11.6 Å². The van der Waals surface area contributed by atoms with Crippen molar-refractivity contribution in [3.05, 3.63) is 69.4 Å². The molecule has 1 aliphatic heterocycles. The van der Waals surface area contributed by atoms with Crippen LogP contribution in [0.1, 0.15) is 5.56 Å². The van der Waals surface area contributed by atoms with Gasteiger partial charge in [0.1, 0.15) is 5.15 Å². The van der Waals surface area contributed by atoms with Gasteiger partial charge in [0.05, 0.1) is 21.3 Å². The summed E-state index contributed by atoms with van der Waals surface area (Å²) in [7, 11) is -3.46. The molecule has 0 aliphatic carbocycles. The van der Waals surface area contributed by atoms with Crippen LogP contribution in [0.4, 0.5) is 5.69 Å². The highest BCUT2D eigenvalue weighted by Gasteiger charge is 2.28. The van der Waals surface area contributed by atoms with Crippen molar-refractivity contribution in [2.75, 3.05) is 5.75 Å². The van der Waals surface area contributed by atoms with Crippen molar-refractivity contribution in [3.63, 3.8) is 0 Å². The molecule has 2 aromatic carbocycles. The van der Waals surface area contributed by atoms with Crippen LogP contribution < -0.4 is 0 Å². The van der Waals surface area contributed by atoms with Gasteiger partial charge in [-0.3, -0.25) is 10.1 Å². The Labute approximate surface area is 159 Å². The van der Waals surface area contributed by atoms with E-state index in [1.165, 1.54) is 24.3 Å². The number of nitro benzene ring substituents is 1. The number of aromatic nitrogens is 2. The van der Waals surface area contributed by atoms with Gasteiger partial charge in [-0.1, -0.05) is 29.8 Å². The Hall–Kier alpha value is -2.84. The molecule has 27 heavy (non-hydrogen) atoms. The van der Waals surface area contributed by atoms with E-state index >= 15 is 0 Å². The summed E-state index contributed by atoms with van der Waals surface area (Å²) in [5, 5.41) is 11.0. The van der Waals surface area contributed by atoms with Crippen molar-refractivity contribution in [3.8, 4) is 22.6 Å². The van der Waals surface area contributed by atoms with Gasteiger partial charge in [0.15, 0.2) is 15.7 Å². The highest BCUT2D eigenvalue weighted by molar-refractivity contribution is 7.91. The minimum Gasteiger partial charge on any atom is -0.258 e. The van der Waals surface area contributed by atoms with Gasteiger partial charge in [-0.2, -0.15) is 0 Å². The van der Waals surface area contributed by atoms with Crippen molar-refractivity contribution < 1.29 is 13.3 Å². The van der Waals surface area contributed by atoms with E-state index in [9.17, 15) is 18.5 Å². The molecule has 0 radical (unpaired) electrons. The van der Waals surface area contributed by atoms with Crippen LogP contribution in [0.5, 0.6) is 0 Å². The second-order valence-electron chi connectivity index (χ2n) is 6.03. The van der Waals surface area contributed by atoms with E-state index in [0.29, 0.717) is 22.4 Å². The van der Waals surface area contributed by atoms with E-state index in [4.69, 9.17) is 11.6 Å². The van der Waals surface area contributed by atoms with Crippen LogP contribution in [-0.4, -0.2) is 29.1 Å². The monoisotopic (exact) mass is 401 g/mol. The van der Waals surface area contributed by atoms with Gasteiger partial charge in [0, 0.05) is 28.8 Å². The lowest BCUT2D eigenvalue weighted by Gasteiger charge is -2.11. The SMILES string of the molecule is O=[N+]([O-])c1ccc(-c2nc(Cl)c3c(n2)-c2ccccc2S(=O)(=O)CC3)cc1. The third-order valence-corrected chi connectivity index (χ3v) is 6.47. The molecule has 4 rings (SSSR count). The maximum Gasteiger partial charge on any atom is 0.269 e. The van der Waals surface area contributed by atoms with Gasteiger partial charge in [-0.15, -0.1) is 0 Å². The summed E-state index contributed by atoms with van der Waals surface area (Å²) in [6, 6.07) is 12.5. The smallest absolute Gasteiger partial charge is 0.258 e. The van der Waals surface area contributed by atoms with Crippen LogP contribution in [0.15, 0.2) is 53.4 Å². The minimum absolute atomic E-state index is 0.0453. The van der Waals surface area contributed by atoms with Crippen LogP contribution in [0.2, 0.25) is 5.15 Å². The predicted octanol–water partition coefficient (Wildman–Crippen LogP) is 3.70. The highest BCUT2D eigenvalue weighted by atomic mass is 35.5. The first kappa shape index (κ1) is 17.6. The zero-order valence-corrected chi connectivity index (χ0v) is 15.4. The molecule has 0 fully saturated rings. The van der Waals surface area contributed by atoms with Crippen LogP contribution in [-0.2, 0) is 16.3 Å². The molecule has 0 saturated carbocycles. The normalized spacial score (nSPS) is 14.7. The molecular formula is C18H12ClN3O4S. The van der Waals surface area contributed by atoms with Crippen molar-refractivity contribution in [1.29, 1.82) is 0 Å². The molecule has 1 aliphatic rings. The van der Waals surface area contributed by atoms with Crippen molar-refractivity contribution in [2.45, 2.75) is 11.3 Å². The maximum absolute atomic E-state index is 12.6. The lowest BCUT2D eigenvalue weighted by Crippen LogP contribution is -2.07. The molecule has 0 bridgehead atoms. The van der Waals surface area contributed by atoms with Crippen molar-refractivity contribution in [2.24, 2.45) is 0 Å². The number of benzene rings is 2. The fraction of sp³-hybridized carbons (Fsp3) is 0.111. The summed E-state index contributed by atoms with van der Waals surface area (Å²) in [6.07, 6.45) is 0.214. The number of rotatable bonds is 2. The minimum atomic E-state index is -3.46. The van der Waals surface area contributed by atoms with Gasteiger partial charge in [-0.25, -0.2) is 18.4 Å². The predicted molar refractivity (Wildman–Crippen MR) is 100 cm³/mol. The summed E-state index contributed by atoms with van der Waals surface area (Å²) < 4.78 is 25.1. The van der Waals surface area contributed by atoms with E-state index < -0.39 is 14.8 Å². The molecular weight excluding hydrogens is 390 g/mol. The zero-order chi connectivity index (χ0) is 19.2. The first-order chi connectivity index (χ1) is 12.9. The Morgan fingerprint density at radius 3 is 2.44 bits per heavy atom. The molecule has 3 aromatic rings. The van der Waals surface area contributed by atoms with Crippen LogP contribution in [0.25, 0.3) is 22.6 Å². The fourth-order valence-electron chi connectivity index (χ4n) is 3.04. The van der Waals surface area contributed by atoms with Gasteiger partial charge in [0.2, 0.25) is 0 Å². The highest BCUT2D eigenvalue weighted by Crippen LogP contribution is 2.37. The van der Waals surface area contributed by atoms with Gasteiger partial charge in [-0.05, 0) is 24.6 Å². The lowest BCUT2D eigenvalue weighted by molar-refractivity contribution is -0.384. The standard InChI is InChI=1S/C18H12ClN3O4S/c19-17-14-9-10-27(25,26)15-4-2-1-3-13(15)16(14)20-18(21-17)11-5-7-12(8-6-11)22(23)24/h1-8H,9-10H2. The molecule has 0 N–H and O–H groups in total. The summed E-state index contributed by atoms with van der Waals surface area (Å²) >= 11 is 6.36. The van der Waals surface area contributed by atoms with Crippen LogP contribution in [0.3, 0.4) is 0 Å². The number of nitrogens with zero attached hydrogens (tertiary/aromatic N) is 3. The quantitative estimate of drug-likeness (QED) is 0.368. The molecule has 0 atom stereocenters. The van der Waals surface area contributed by atoms with Crippen molar-refractivity contribution >= 4 is 27.1 Å².